The third-order valence-electron chi connectivity index (χ3n) is 6.94. The molecule has 3 atom stereocenters. The van der Waals surface area contributed by atoms with Crippen molar-refractivity contribution >= 4 is 18.4 Å². The Bertz CT molecular complexity index is 992. The molecule has 1 saturated heterocycles. The van der Waals surface area contributed by atoms with E-state index in [0.29, 0.717) is 36.9 Å². The first-order valence-corrected chi connectivity index (χ1v) is 12.2. The zero-order chi connectivity index (χ0) is 26.5. The van der Waals surface area contributed by atoms with Gasteiger partial charge in [-0.2, -0.15) is 26.3 Å². The predicted molar refractivity (Wildman–Crippen MR) is 131 cm³/mol. The first-order valence-electron chi connectivity index (χ1n) is 12.2. The second-order valence-corrected chi connectivity index (χ2v) is 9.49. The number of unbranched alkanes of at least 4 members (excludes halogenated alkanes) is 2. The van der Waals surface area contributed by atoms with E-state index in [1.165, 1.54) is 24.3 Å². The summed E-state index contributed by atoms with van der Waals surface area (Å²) >= 11 is 0. The van der Waals surface area contributed by atoms with Crippen molar-refractivity contribution in [2.24, 2.45) is 5.92 Å². The Kier molecular flexibility index (Phi) is 10.9. The maximum absolute atomic E-state index is 13.1. The molecule has 10 heteroatoms. The lowest BCUT2D eigenvalue weighted by atomic mass is 9.82. The van der Waals surface area contributed by atoms with Crippen LogP contribution in [0, 0.1) is 5.92 Å². The number of aliphatic carboxylic acids is 1. The number of nitrogens with zero attached hydrogens (tertiary/aromatic N) is 1. The van der Waals surface area contributed by atoms with Crippen LogP contribution in [0.5, 0.6) is 0 Å². The fraction of sp³-hybridized carbons (Fsp3) is 0.519. The van der Waals surface area contributed by atoms with Crippen molar-refractivity contribution in [1.29, 1.82) is 0 Å². The molecule has 1 N–H and O–H groups in total. The Morgan fingerprint density at radius 2 is 1.49 bits per heavy atom. The van der Waals surface area contributed by atoms with Crippen molar-refractivity contribution in [3.63, 3.8) is 0 Å². The molecule has 1 aliphatic heterocycles. The van der Waals surface area contributed by atoms with Crippen LogP contribution in [0.2, 0.25) is 0 Å². The van der Waals surface area contributed by atoms with Gasteiger partial charge in [0.15, 0.2) is 0 Å². The van der Waals surface area contributed by atoms with Crippen LogP contribution in [0.1, 0.15) is 86.2 Å². The Balaban J connectivity index is 0.00000481. The van der Waals surface area contributed by atoms with Gasteiger partial charge in [-0.1, -0.05) is 50.5 Å². The van der Waals surface area contributed by atoms with E-state index in [4.69, 9.17) is 0 Å². The van der Waals surface area contributed by atoms with E-state index < -0.39 is 29.4 Å². The molecule has 3 nitrogen and oxygen atoms in total. The summed E-state index contributed by atoms with van der Waals surface area (Å²) in [7, 11) is 0. The minimum Gasteiger partial charge on any atom is -0.481 e. The zero-order valence-corrected chi connectivity index (χ0v) is 21.3. The quantitative estimate of drug-likeness (QED) is 0.250. The lowest BCUT2D eigenvalue weighted by Crippen LogP contribution is -2.40. The molecule has 37 heavy (non-hydrogen) atoms. The molecule has 0 aliphatic carbocycles. The van der Waals surface area contributed by atoms with Gasteiger partial charge in [0.25, 0.3) is 0 Å². The lowest BCUT2D eigenvalue weighted by Gasteiger charge is -2.44. The Morgan fingerprint density at radius 1 is 0.946 bits per heavy atom. The summed E-state index contributed by atoms with van der Waals surface area (Å²) in [5.41, 5.74) is -0.144. The first kappa shape index (κ1) is 31.0. The number of benzene rings is 2. The molecule has 3 rings (SSSR count). The number of likely N-dealkylation sites (tertiary alicyclic amines) is 1. The minimum absolute atomic E-state index is 0. The molecule has 2 aromatic carbocycles. The molecule has 1 fully saturated rings. The van der Waals surface area contributed by atoms with E-state index in [1.807, 2.05) is 0 Å². The highest BCUT2D eigenvalue weighted by atomic mass is 35.5. The monoisotopic (exact) mass is 551 g/mol. The van der Waals surface area contributed by atoms with Gasteiger partial charge in [-0.25, -0.2) is 0 Å². The van der Waals surface area contributed by atoms with Gasteiger partial charge >= 0.3 is 18.3 Å². The Labute approximate surface area is 219 Å². The van der Waals surface area contributed by atoms with Crippen molar-refractivity contribution < 1.29 is 36.2 Å². The summed E-state index contributed by atoms with van der Waals surface area (Å²) in [5.74, 6) is -1.07. The maximum atomic E-state index is 13.1. The fourth-order valence-electron chi connectivity index (χ4n) is 5.09. The van der Waals surface area contributed by atoms with Gasteiger partial charge in [-0.3, -0.25) is 9.69 Å². The van der Waals surface area contributed by atoms with Crippen molar-refractivity contribution in [2.45, 2.75) is 76.3 Å². The molecule has 0 spiro atoms. The summed E-state index contributed by atoms with van der Waals surface area (Å²) in [6.45, 7) is 2.55. The Hall–Kier alpha value is -2.26. The van der Waals surface area contributed by atoms with E-state index in [0.717, 1.165) is 43.5 Å². The van der Waals surface area contributed by atoms with E-state index in [2.05, 4.69) is 11.8 Å². The topological polar surface area (TPSA) is 40.5 Å². The van der Waals surface area contributed by atoms with Gasteiger partial charge in [0.1, 0.15) is 0 Å². The van der Waals surface area contributed by atoms with Gasteiger partial charge in [-0.15, -0.1) is 12.4 Å². The number of rotatable bonds is 9. The Morgan fingerprint density at radius 3 is 1.97 bits per heavy atom. The highest BCUT2D eigenvalue weighted by Crippen LogP contribution is 2.43. The van der Waals surface area contributed by atoms with E-state index in [9.17, 15) is 36.2 Å². The average Bonchev–Trinajstić information content (AvgIpc) is 2.81. The molecule has 0 amide bonds. The smallest absolute Gasteiger partial charge is 0.416 e. The third-order valence-corrected chi connectivity index (χ3v) is 6.94. The molecule has 1 aliphatic rings. The van der Waals surface area contributed by atoms with E-state index in [-0.39, 0.29) is 36.8 Å². The van der Waals surface area contributed by atoms with E-state index in [1.54, 1.807) is 0 Å². The van der Waals surface area contributed by atoms with Crippen LogP contribution in [0.3, 0.4) is 0 Å². The van der Waals surface area contributed by atoms with Crippen molar-refractivity contribution in [1.82, 2.24) is 4.90 Å². The normalized spacial score (nSPS) is 19.8. The first-order chi connectivity index (χ1) is 16.9. The van der Waals surface area contributed by atoms with Crippen LogP contribution < -0.4 is 0 Å². The molecule has 206 valence electrons. The van der Waals surface area contributed by atoms with Crippen LogP contribution in [0.15, 0.2) is 48.5 Å². The summed E-state index contributed by atoms with van der Waals surface area (Å²) in [5, 5.41) is 9.31. The van der Waals surface area contributed by atoms with Gasteiger partial charge in [-0.05, 0) is 67.1 Å². The van der Waals surface area contributed by atoms with Crippen molar-refractivity contribution in [3.8, 4) is 0 Å². The molecule has 0 aromatic heterocycles. The second kappa shape index (κ2) is 13.0. The summed E-state index contributed by atoms with van der Waals surface area (Å²) < 4.78 is 78.8. The van der Waals surface area contributed by atoms with Gasteiger partial charge < -0.3 is 5.11 Å². The number of halogens is 7. The minimum atomic E-state index is -4.47. The number of piperidine rings is 1. The molecular formula is C27H32ClF6NO2. The summed E-state index contributed by atoms with van der Waals surface area (Å²) in [4.78, 5) is 13.5. The second-order valence-electron chi connectivity index (χ2n) is 9.49. The number of carbonyl (C=O) groups is 1. The van der Waals surface area contributed by atoms with Crippen molar-refractivity contribution in [2.75, 3.05) is 6.54 Å². The van der Waals surface area contributed by atoms with Crippen LogP contribution >= 0.6 is 12.4 Å². The SMILES string of the molecule is CCCCC[C@H](c1ccc(C(F)(F)F)cc1)N1CC[C@@H](CC(=O)O)C[C@H]1c1ccc(C(F)(F)F)cc1.Cl. The molecule has 1 heterocycles. The van der Waals surface area contributed by atoms with Crippen LogP contribution in [-0.2, 0) is 17.1 Å². The average molecular weight is 552 g/mol. The molecular weight excluding hydrogens is 520 g/mol. The molecule has 0 radical (unpaired) electrons. The lowest BCUT2D eigenvalue weighted by molar-refractivity contribution is -0.139. The maximum Gasteiger partial charge on any atom is 0.416 e. The van der Waals surface area contributed by atoms with E-state index >= 15 is 0 Å². The fourth-order valence-corrected chi connectivity index (χ4v) is 5.09. The van der Waals surface area contributed by atoms with Gasteiger partial charge in [0, 0.05) is 18.5 Å². The summed E-state index contributed by atoms with van der Waals surface area (Å²) in [6, 6.07) is 9.41. The molecule has 0 bridgehead atoms. The third kappa shape index (κ3) is 8.37. The highest BCUT2D eigenvalue weighted by molar-refractivity contribution is 5.85. The number of carboxylic acid groups (broad SMARTS) is 1. The zero-order valence-electron chi connectivity index (χ0n) is 20.5. The number of alkyl halides is 6. The largest absolute Gasteiger partial charge is 0.481 e. The van der Waals surface area contributed by atoms with Crippen LogP contribution in [0.25, 0.3) is 0 Å². The molecule has 0 unspecified atom stereocenters. The number of hydrogen-bond donors (Lipinski definition) is 1. The van der Waals surface area contributed by atoms with Crippen molar-refractivity contribution in [3.05, 3.63) is 70.8 Å². The number of hydrogen-bond acceptors (Lipinski definition) is 2. The van der Waals surface area contributed by atoms with Crippen LogP contribution in [0.4, 0.5) is 26.3 Å². The summed E-state index contributed by atoms with van der Waals surface area (Å²) in [6.07, 6.45) is -4.49. The van der Waals surface area contributed by atoms with Gasteiger partial charge in [0.05, 0.1) is 11.1 Å². The molecule has 0 saturated carbocycles. The highest BCUT2D eigenvalue weighted by Gasteiger charge is 2.37. The molecule has 2 aromatic rings. The number of carboxylic acids is 1. The van der Waals surface area contributed by atoms with Gasteiger partial charge in [0.2, 0.25) is 0 Å². The predicted octanol–water partition coefficient (Wildman–Crippen LogP) is 8.70. The van der Waals surface area contributed by atoms with Crippen LogP contribution in [-0.4, -0.2) is 22.5 Å². The standard InChI is InChI=1S/C27H31F6NO2.ClH/c1-2-3-4-5-23(19-6-10-21(11-7-19)26(28,29)30)34-15-14-18(17-25(35)36)16-24(34)20-8-12-22(13-9-20)27(31,32)33;/h6-13,18,23-24H,2-5,14-17H2,1H3,(H,35,36);1H/t18-,23-,24+;/m1./s1.